The summed E-state index contributed by atoms with van der Waals surface area (Å²) in [5.41, 5.74) is 0.905. The highest BCUT2D eigenvalue weighted by Crippen LogP contribution is 2.38. The molecule has 1 aliphatic heterocycles. The summed E-state index contributed by atoms with van der Waals surface area (Å²) in [5, 5.41) is 1.03. The van der Waals surface area contributed by atoms with Gasteiger partial charge in [0.25, 0.3) is 0 Å². The minimum absolute atomic E-state index is 0.140. The highest BCUT2D eigenvalue weighted by molar-refractivity contribution is 7.98. The fourth-order valence-electron chi connectivity index (χ4n) is 3.76. The lowest BCUT2D eigenvalue weighted by atomic mass is 10.1. The summed E-state index contributed by atoms with van der Waals surface area (Å²) in [6.07, 6.45) is 6.29. The molecule has 5 rings (SSSR count). The Bertz CT molecular complexity index is 1370. The van der Waals surface area contributed by atoms with Crippen molar-refractivity contribution in [2.45, 2.75) is 22.3 Å². The first-order chi connectivity index (χ1) is 16.0. The van der Waals surface area contributed by atoms with Crippen LogP contribution in [0.3, 0.4) is 0 Å². The molecule has 170 valence electrons. The van der Waals surface area contributed by atoms with Crippen molar-refractivity contribution in [3.63, 3.8) is 0 Å². The number of aromatic nitrogens is 1. The molecule has 0 spiro atoms. The van der Waals surface area contributed by atoms with Crippen molar-refractivity contribution < 1.29 is 17.9 Å². The first-order valence-corrected chi connectivity index (χ1v) is 14.0. The smallest absolute Gasteiger partial charge is 0.241 e. The molecule has 0 bridgehead atoms. The Labute approximate surface area is 201 Å². The monoisotopic (exact) mass is 498 g/mol. The molecule has 9 heteroatoms. The molecule has 0 fully saturated rings. The lowest BCUT2D eigenvalue weighted by molar-refractivity contribution is 0.297. The van der Waals surface area contributed by atoms with Gasteiger partial charge in [-0.3, -0.25) is 4.98 Å². The van der Waals surface area contributed by atoms with Crippen molar-refractivity contribution in [2.24, 2.45) is 0 Å². The third-order valence-electron chi connectivity index (χ3n) is 5.38. The van der Waals surface area contributed by atoms with E-state index >= 15 is 0 Å². The summed E-state index contributed by atoms with van der Waals surface area (Å²) in [6, 6.07) is 16.0. The van der Waals surface area contributed by atoms with Gasteiger partial charge in [-0.15, -0.1) is 23.1 Å². The van der Waals surface area contributed by atoms with Crippen molar-refractivity contribution in [3.8, 4) is 11.5 Å². The number of hydrogen-bond donors (Lipinski definition) is 1. The first-order valence-electron chi connectivity index (χ1n) is 10.4. The van der Waals surface area contributed by atoms with Crippen LogP contribution in [-0.4, -0.2) is 32.9 Å². The van der Waals surface area contributed by atoms with E-state index in [4.69, 9.17) is 9.47 Å². The predicted octanol–water partition coefficient (Wildman–Crippen LogP) is 5.25. The number of hydrogen-bond acceptors (Lipinski definition) is 7. The minimum Gasteiger partial charge on any atom is -0.490 e. The maximum atomic E-state index is 13.6. The van der Waals surface area contributed by atoms with E-state index in [9.17, 15) is 8.42 Å². The lowest BCUT2D eigenvalue weighted by Gasteiger charge is -2.21. The van der Waals surface area contributed by atoms with Gasteiger partial charge in [0, 0.05) is 34.7 Å². The number of rotatable bonds is 6. The molecule has 6 nitrogen and oxygen atoms in total. The molecule has 3 heterocycles. The third kappa shape index (κ3) is 4.59. The van der Waals surface area contributed by atoms with E-state index in [2.05, 4.69) is 9.71 Å². The van der Waals surface area contributed by atoms with Crippen molar-refractivity contribution in [1.82, 2.24) is 9.71 Å². The van der Waals surface area contributed by atoms with Crippen LogP contribution in [-0.2, 0) is 10.0 Å². The van der Waals surface area contributed by atoms with E-state index in [0.29, 0.717) is 24.7 Å². The average Bonchev–Trinajstić information content (AvgIpc) is 3.12. The molecule has 0 amide bonds. The lowest BCUT2D eigenvalue weighted by Crippen LogP contribution is -2.29. The number of fused-ring (bicyclic) bond motifs is 2. The summed E-state index contributed by atoms with van der Waals surface area (Å²) in [7, 11) is -3.87. The zero-order chi connectivity index (χ0) is 22.8. The molecule has 0 aliphatic carbocycles. The van der Waals surface area contributed by atoms with Gasteiger partial charge in [-0.25, -0.2) is 8.42 Å². The molecule has 2 aromatic carbocycles. The maximum absolute atomic E-state index is 13.6. The van der Waals surface area contributed by atoms with Gasteiger partial charge in [0.05, 0.1) is 28.9 Å². The molecular formula is C24H22N2O4S3. The van der Waals surface area contributed by atoms with Crippen LogP contribution >= 0.6 is 23.1 Å². The maximum Gasteiger partial charge on any atom is 0.241 e. The molecule has 1 N–H and O–H groups in total. The standard InChI is InChI=1S/C24H22N2O4S3/c1-31-21-6-3-2-5-18(21)24(22-13-16-9-10-25-15-23(16)32-22)26-33(27,28)17-7-8-19-20(14-17)30-12-4-11-29-19/h2-3,5-10,13-15,24,26H,4,11-12H2,1H3/t24-/m1/s1. The van der Waals surface area contributed by atoms with Crippen LogP contribution in [0.5, 0.6) is 11.5 Å². The quantitative estimate of drug-likeness (QED) is 0.366. The van der Waals surface area contributed by atoms with Crippen LogP contribution < -0.4 is 14.2 Å². The Balaban J connectivity index is 1.57. The van der Waals surface area contributed by atoms with Crippen LogP contribution in [0.2, 0.25) is 0 Å². The average molecular weight is 499 g/mol. The second kappa shape index (κ2) is 9.34. The Morgan fingerprint density at radius 3 is 2.70 bits per heavy atom. The Morgan fingerprint density at radius 1 is 1.06 bits per heavy atom. The number of ether oxygens (including phenoxy) is 2. The SMILES string of the molecule is CSc1ccccc1[C@@H](NS(=O)(=O)c1ccc2c(c1)OCCCO2)c1cc2ccncc2s1. The van der Waals surface area contributed by atoms with E-state index in [1.54, 1.807) is 36.3 Å². The van der Waals surface area contributed by atoms with E-state index < -0.39 is 16.1 Å². The van der Waals surface area contributed by atoms with Crippen molar-refractivity contribution >= 4 is 43.2 Å². The highest BCUT2D eigenvalue weighted by Gasteiger charge is 2.27. The van der Waals surface area contributed by atoms with E-state index in [1.165, 1.54) is 17.4 Å². The molecular weight excluding hydrogens is 476 g/mol. The van der Waals surface area contributed by atoms with Gasteiger partial charge in [0.15, 0.2) is 11.5 Å². The minimum atomic E-state index is -3.87. The fourth-order valence-corrected chi connectivity index (χ4v) is 6.78. The number of nitrogens with one attached hydrogen (secondary N) is 1. The van der Waals surface area contributed by atoms with Crippen molar-refractivity contribution in [1.29, 1.82) is 0 Å². The van der Waals surface area contributed by atoms with E-state index in [0.717, 1.165) is 31.8 Å². The third-order valence-corrected chi connectivity index (χ3v) is 8.76. The Hall–Kier alpha value is -2.59. The molecule has 1 aliphatic rings. The summed E-state index contributed by atoms with van der Waals surface area (Å²) >= 11 is 3.13. The van der Waals surface area contributed by atoms with Gasteiger partial charge in [0.1, 0.15) is 0 Å². The molecule has 0 saturated carbocycles. The number of thiophene rings is 1. The molecule has 2 aromatic heterocycles. The number of nitrogens with zero attached hydrogens (tertiary/aromatic N) is 1. The zero-order valence-corrected chi connectivity index (χ0v) is 20.3. The molecule has 0 unspecified atom stereocenters. The van der Waals surface area contributed by atoms with Gasteiger partial charge >= 0.3 is 0 Å². The van der Waals surface area contributed by atoms with Crippen molar-refractivity contribution in [3.05, 3.63) is 77.4 Å². The number of sulfonamides is 1. The Kier molecular flexibility index (Phi) is 6.29. The number of benzene rings is 2. The number of pyridine rings is 1. The molecule has 1 atom stereocenters. The van der Waals surface area contributed by atoms with Gasteiger partial charge in [-0.1, -0.05) is 18.2 Å². The summed E-state index contributed by atoms with van der Waals surface area (Å²) in [6.45, 7) is 1.04. The van der Waals surface area contributed by atoms with Crippen LogP contribution in [0.4, 0.5) is 0 Å². The topological polar surface area (TPSA) is 77.5 Å². The summed E-state index contributed by atoms with van der Waals surface area (Å²) in [4.78, 5) is 6.26. The predicted molar refractivity (Wildman–Crippen MR) is 132 cm³/mol. The van der Waals surface area contributed by atoms with E-state index in [-0.39, 0.29) is 4.90 Å². The van der Waals surface area contributed by atoms with Crippen LogP contribution in [0.25, 0.3) is 10.1 Å². The fraction of sp³-hybridized carbons (Fsp3) is 0.208. The Morgan fingerprint density at radius 2 is 1.88 bits per heavy atom. The van der Waals surface area contributed by atoms with Crippen LogP contribution in [0, 0.1) is 0 Å². The summed E-state index contributed by atoms with van der Waals surface area (Å²) in [5.74, 6) is 1.01. The second-order valence-electron chi connectivity index (χ2n) is 7.52. The van der Waals surface area contributed by atoms with Crippen molar-refractivity contribution in [2.75, 3.05) is 19.5 Å². The van der Waals surface area contributed by atoms with Gasteiger partial charge in [-0.2, -0.15) is 4.72 Å². The summed E-state index contributed by atoms with van der Waals surface area (Å²) < 4.78 is 42.4. The first kappa shape index (κ1) is 22.2. The van der Waals surface area contributed by atoms with Crippen LogP contribution in [0.1, 0.15) is 22.9 Å². The largest absolute Gasteiger partial charge is 0.490 e. The van der Waals surface area contributed by atoms with Gasteiger partial charge in [0.2, 0.25) is 10.0 Å². The molecule has 0 saturated heterocycles. The molecule has 0 radical (unpaired) electrons. The normalized spacial score (nSPS) is 14.7. The van der Waals surface area contributed by atoms with E-state index in [1.807, 2.05) is 42.7 Å². The van der Waals surface area contributed by atoms with Gasteiger partial charge in [-0.05, 0) is 47.5 Å². The van der Waals surface area contributed by atoms with Gasteiger partial charge < -0.3 is 9.47 Å². The highest BCUT2D eigenvalue weighted by atomic mass is 32.2. The molecule has 33 heavy (non-hydrogen) atoms. The zero-order valence-electron chi connectivity index (χ0n) is 17.9. The second-order valence-corrected chi connectivity index (χ2v) is 11.2. The number of thioether (sulfide) groups is 1. The van der Waals surface area contributed by atoms with Crippen LogP contribution in [0.15, 0.2) is 76.8 Å². The molecule has 4 aromatic rings.